The zero-order chi connectivity index (χ0) is 31.7. The number of fused-ring (bicyclic) bond motifs is 1. The molecule has 0 fully saturated rings. The maximum atomic E-state index is 12.5. The van der Waals surface area contributed by atoms with Crippen molar-refractivity contribution in [3.8, 4) is 11.4 Å². The van der Waals surface area contributed by atoms with Crippen LogP contribution in [0.15, 0.2) is 76.5 Å². The van der Waals surface area contributed by atoms with Crippen LogP contribution in [-0.4, -0.2) is 71.6 Å². The number of hydrogen-bond acceptors (Lipinski definition) is 15. The first-order valence-electron chi connectivity index (χ1n) is 12.1. The number of nitrogens with zero attached hydrogens (tertiary/aromatic N) is 4. The van der Waals surface area contributed by atoms with E-state index in [1.165, 1.54) is 42.5 Å². The molecule has 22 heteroatoms. The molecule has 0 aliphatic carbocycles. The largest absolute Gasteiger partial charge is 1.00 e. The van der Waals surface area contributed by atoms with Crippen LogP contribution in [-0.2, 0) is 34.5 Å². The van der Waals surface area contributed by atoms with Gasteiger partial charge in [0.1, 0.15) is 15.9 Å². The molecule has 5 aromatic rings. The summed E-state index contributed by atoms with van der Waals surface area (Å²) < 4.78 is 94.7. The Bertz CT molecular complexity index is 2210. The van der Waals surface area contributed by atoms with Crippen molar-refractivity contribution in [2.75, 3.05) is 23.0 Å². The van der Waals surface area contributed by atoms with Gasteiger partial charge in [0.15, 0.2) is 9.84 Å². The molecule has 0 spiro atoms. The Labute approximate surface area is 312 Å². The van der Waals surface area contributed by atoms with Gasteiger partial charge >= 0.3 is 59.1 Å². The number of aromatic amines is 1. The summed E-state index contributed by atoms with van der Waals surface area (Å²) in [6, 6.07) is 16.1. The maximum absolute atomic E-state index is 12.5. The molecule has 230 valence electrons. The molecule has 0 saturated carbocycles. The van der Waals surface area contributed by atoms with Crippen LogP contribution in [0.25, 0.3) is 22.4 Å². The van der Waals surface area contributed by atoms with Gasteiger partial charge in [-0.3, -0.25) is 4.18 Å². The van der Waals surface area contributed by atoms with Crippen LogP contribution >= 0.6 is 11.6 Å². The van der Waals surface area contributed by atoms with E-state index in [1.54, 1.807) is 24.3 Å². The Hall–Kier alpha value is -2.24. The van der Waals surface area contributed by atoms with Crippen LogP contribution in [0.2, 0.25) is 5.28 Å². The van der Waals surface area contributed by atoms with Gasteiger partial charge in [-0.25, -0.2) is 30.2 Å². The third kappa shape index (κ3) is 10.1. The number of imidazole rings is 1. The van der Waals surface area contributed by atoms with E-state index >= 15 is 0 Å². The van der Waals surface area contributed by atoms with Crippen molar-refractivity contribution in [2.24, 2.45) is 0 Å². The van der Waals surface area contributed by atoms with Crippen molar-refractivity contribution in [3.63, 3.8) is 0 Å². The summed E-state index contributed by atoms with van der Waals surface area (Å²) in [6.07, 6.45) is 0. The number of nitrogens with one attached hydrogen (secondary N) is 3. The molecule has 0 saturated heterocycles. The minimum Gasteiger partial charge on any atom is -0.744 e. The molecule has 0 radical (unpaired) electrons. The van der Waals surface area contributed by atoms with Crippen molar-refractivity contribution < 1.29 is 97.7 Å². The topological polar surface area (TPSA) is 249 Å². The Morgan fingerprint density at radius 2 is 1.41 bits per heavy atom. The number of anilines is 4. The third-order valence-electron chi connectivity index (χ3n) is 5.79. The number of sulfone groups is 1. The quantitative estimate of drug-likeness (QED) is 0.0686. The molecular weight excluding hydrogens is 708 g/mol. The fourth-order valence-electron chi connectivity index (χ4n) is 3.84. The van der Waals surface area contributed by atoms with Crippen molar-refractivity contribution >= 4 is 76.3 Å². The number of H-pyrrole nitrogens is 1. The Kier molecular flexibility index (Phi) is 12.7. The second kappa shape index (κ2) is 15.3. The summed E-state index contributed by atoms with van der Waals surface area (Å²) >= 11 is 6.07. The minimum absolute atomic E-state index is 0. The van der Waals surface area contributed by atoms with E-state index in [4.69, 9.17) is 11.6 Å². The molecule has 0 aliphatic heterocycles. The van der Waals surface area contributed by atoms with Gasteiger partial charge in [-0.05, 0) is 72.3 Å². The number of aromatic nitrogens is 5. The monoisotopic (exact) mass is 725 g/mol. The predicted octanol–water partition coefficient (Wildman–Crippen LogP) is -3.28. The van der Waals surface area contributed by atoms with Crippen LogP contribution in [0.4, 0.5) is 23.3 Å². The van der Waals surface area contributed by atoms with Crippen LogP contribution in [0.1, 0.15) is 0 Å². The van der Waals surface area contributed by atoms with Gasteiger partial charge in [0.2, 0.25) is 27.6 Å². The van der Waals surface area contributed by atoms with E-state index in [1.807, 2.05) is 0 Å². The van der Waals surface area contributed by atoms with Gasteiger partial charge in [-0.1, -0.05) is 6.07 Å². The average molecular weight is 726 g/mol. The molecule has 0 aliphatic rings. The van der Waals surface area contributed by atoms with E-state index < -0.39 is 42.7 Å². The van der Waals surface area contributed by atoms with Crippen molar-refractivity contribution in [1.29, 1.82) is 0 Å². The Morgan fingerprint density at radius 1 is 0.761 bits per heavy atom. The van der Waals surface area contributed by atoms with E-state index in [-0.39, 0.29) is 91.8 Å². The average Bonchev–Trinajstić information content (AvgIpc) is 3.36. The van der Waals surface area contributed by atoms with Gasteiger partial charge in [0.25, 0.3) is 0 Å². The fourth-order valence-corrected chi connectivity index (χ4v) is 6.02. The number of benzene rings is 3. The molecule has 2 heterocycles. The summed E-state index contributed by atoms with van der Waals surface area (Å²) in [5.41, 5.74) is 2.32. The van der Waals surface area contributed by atoms with E-state index in [9.17, 15) is 34.4 Å². The zero-order valence-corrected chi connectivity index (χ0v) is 31.0. The fraction of sp³-hybridized carbons (Fsp3) is 0.0833. The SMILES string of the molecule is O=S(=O)([O-])OCCS(=O)(=O)c1cccc(Nc2nc(Cl)nc(Nc3ccc(-c4nc5ccc(S(=O)(=O)[O-])cc5[nH]4)cc3)n2)c1.[Na+].[Na+]. The standard InChI is InChI=1S/C24H20ClN7O9S3.2Na/c25-22-30-23(32-24(31-22)27-16-2-1-3-17(12-16)42(33,34)11-10-41-44(38,39)40)26-15-6-4-14(5-7-15)21-28-19-9-8-18(43(35,36)37)13-20(19)29-21;;/h1-9,12-13H,10-11H2,(H,28,29)(H,35,36,37)(H,38,39,40)(H2,26,27,30,31,32);;/q;2*+1/p-2. The summed E-state index contributed by atoms with van der Waals surface area (Å²) in [6.45, 7) is -0.834. The molecule has 0 bridgehead atoms. The predicted molar refractivity (Wildman–Crippen MR) is 155 cm³/mol. The molecular formula is C24H18ClN7Na2O9S3. The molecule has 0 amide bonds. The Morgan fingerprint density at radius 3 is 2.04 bits per heavy atom. The van der Waals surface area contributed by atoms with Crippen molar-refractivity contribution in [3.05, 3.63) is 72.0 Å². The summed E-state index contributed by atoms with van der Waals surface area (Å²) in [5.74, 6) is -0.282. The number of halogens is 1. The van der Waals surface area contributed by atoms with Gasteiger partial charge < -0.3 is 24.7 Å². The molecule has 2 aromatic heterocycles. The summed E-state index contributed by atoms with van der Waals surface area (Å²) in [4.78, 5) is 19.1. The Balaban J connectivity index is 0.00000288. The van der Waals surface area contributed by atoms with E-state index in [0.717, 1.165) is 0 Å². The molecule has 46 heavy (non-hydrogen) atoms. The first-order valence-corrected chi connectivity index (χ1v) is 16.9. The normalized spacial score (nSPS) is 11.8. The second-order valence-corrected chi connectivity index (χ2v) is 13.8. The van der Waals surface area contributed by atoms with Crippen LogP contribution in [0.5, 0.6) is 0 Å². The molecule has 5 rings (SSSR count). The van der Waals surface area contributed by atoms with Gasteiger partial charge in [-0.2, -0.15) is 15.0 Å². The van der Waals surface area contributed by atoms with Gasteiger partial charge in [-0.15, -0.1) is 0 Å². The maximum Gasteiger partial charge on any atom is 1.00 e. The van der Waals surface area contributed by atoms with Gasteiger partial charge in [0.05, 0.1) is 33.2 Å². The zero-order valence-electron chi connectivity index (χ0n) is 23.8. The molecule has 0 atom stereocenters. The third-order valence-corrected chi connectivity index (χ3v) is 8.93. The molecule has 3 aromatic carbocycles. The van der Waals surface area contributed by atoms with E-state index in [2.05, 4.69) is 39.7 Å². The van der Waals surface area contributed by atoms with Crippen molar-refractivity contribution in [2.45, 2.75) is 9.79 Å². The van der Waals surface area contributed by atoms with Crippen LogP contribution < -0.4 is 69.7 Å². The minimum atomic E-state index is -5.03. The smallest absolute Gasteiger partial charge is 0.744 e. The first-order chi connectivity index (χ1) is 20.6. The second-order valence-electron chi connectivity index (χ2n) is 8.87. The van der Waals surface area contributed by atoms with Crippen molar-refractivity contribution in [1.82, 2.24) is 24.9 Å². The number of rotatable bonds is 11. The summed E-state index contributed by atoms with van der Waals surface area (Å²) in [5, 5.41) is 5.61. The first kappa shape index (κ1) is 38.2. The van der Waals surface area contributed by atoms with Crippen LogP contribution in [0.3, 0.4) is 0 Å². The van der Waals surface area contributed by atoms with Gasteiger partial charge in [0, 0.05) is 16.9 Å². The summed E-state index contributed by atoms with van der Waals surface area (Å²) in [7, 11) is -13.6. The molecule has 3 N–H and O–H groups in total. The molecule has 16 nitrogen and oxygen atoms in total. The van der Waals surface area contributed by atoms with Crippen LogP contribution in [0, 0.1) is 0 Å². The number of hydrogen-bond donors (Lipinski definition) is 3. The van der Waals surface area contributed by atoms with E-state index in [0.29, 0.717) is 28.1 Å². The molecule has 0 unspecified atom stereocenters.